The lowest BCUT2D eigenvalue weighted by Gasteiger charge is -2.14. The molecule has 1 heterocycles. The number of nitrogens with zero attached hydrogens (tertiary/aromatic N) is 1. The number of thioether (sulfide) groups is 1. The number of hydrogen-bond donors (Lipinski definition) is 1. The lowest BCUT2D eigenvalue weighted by atomic mass is 10.2. The average molecular weight is 362 g/mol. The summed E-state index contributed by atoms with van der Waals surface area (Å²) in [5, 5.41) is 9.70. The number of anilines is 1. The number of aryl methyl sites for hydroxylation is 1. The smallest absolute Gasteiger partial charge is 0.270 e. The fourth-order valence-electron chi connectivity index (χ4n) is 2.22. The first-order chi connectivity index (χ1) is 11.0. The van der Waals surface area contributed by atoms with Crippen LogP contribution in [0, 0.1) is 6.92 Å². The molecule has 0 spiro atoms. The second-order valence-electron chi connectivity index (χ2n) is 5.07. The third-order valence-electron chi connectivity index (χ3n) is 3.32. The van der Waals surface area contributed by atoms with Gasteiger partial charge in [-0.3, -0.25) is 9.69 Å². The normalized spacial score (nSPS) is 16.4. The van der Waals surface area contributed by atoms with Crippen molar-refractivity contribution in [3.05, 3.63) is 63.5 Å². The van der Waals surface area contributed by atoms with Crippen LogP contribution >= 0.6 is 35.6 Å². The van der Waals surface area contributed by atoms with E-state index >= 15 is 0 Å². The summed E-state index contributed by atoms with van der Waals surface area (Å²) < 4.78 is 0.497. The van der Waals surface area contributed by atoms with E-state index in [1.165, 1.54) is 22.7 Å². The molecule has 0 unspecified atom stereocenters. The van der Waals surface area contributed by atoms with Gasteiger partial charge in [-0.2, -0.15) is 0 Å². The van der Waals surface area contributed by atoms with Crippen LogP contribution in [0.25, 0.3) is 6.08 Å². The minimum absolute atomic E-state index is 0.0103. The molecule has 3 nitrogen and oxygen atoms in total. The van der Waals surface area contributed by atoms with Crippen LogP contribution in [-0.4, -0.2) is 15.3 Å². The predicted octanol–water partition coefficient (Wildman–Crippen LogP) is 4.76. The van der Waals surface area contributed by atoms with E-state index in [-0.39, 0.29) is 16.7 Å². The molecule has 23 heavy (non-hydrogen) atoms. The number of thiocarbonyl (C=S) groups is 1. The Labute approximate surface area is 148 Å². The summed E-state index contributed by atoms with van der Waals surface area (Å²) in [4.78, 5) is 14.7. The molecule has 116 valence electrons. The van der Waals surface area contributed by atoms with E-state index < -0.39 is 0 Å². The molecule has 0 atom stereocenters. The minimum atomic E-state index is -0.158. The zero-order valence-corrected chi connectivity index (χ0v) is 14.5. The van der Waals surface area contributed by atoms with Crippen molar-refractivity contribution in [3.63, 3.8) is 0 Å². The van der Waals surface area contributed by atoms with Crippen molar-refractivity contribution in [3.8, 4) is 5.75 Å². The number of benzene rings is 2. The van der Waals surface area contributed by atoms with E-state index in [9.17, 15) is 9.90 Å². The van der Waals surface area contributed by atoms with Gasteiger partial charge in [0.05, 0.1) is 15.6 Å². The number of phenolic OH excluding ortho intramolecular Hbond substituents is 1. The van der Waals surface area contributed by atoms with Gasteiger partial charge in [0.15, 0.2) is 4.32 Å². The Hall–Kier alpha value is -1.82. The van der Waals surface area contributed by atoms with E-state index in [1.54, 1.807) is 18.2 Å². The summed E-state index contributed by atoms with van der Waals surface area (Å²) in [6, 6.07) is 12.4. The third kappa shape index (κ3) is 3.27. The van der Waals surface area contributed by atoms with Crippen molar-refractivity contribution in [2.45, 2.75) is 6.92 Å². The standard InChI is InChI=1S/C17H12ClNO2S2/c1-10-3-2-4-12(7-10)19-16(21)15(23-17(19)22)9-11-5-6-14(20)13(18)8-11/h2-9,20H,1H3/b15-9-. The molecule has 3 rings (SSSR count). The highest BCUT2D eigenvalue weighted by atomic mass is 35.5. The van der Waals surface area contributed by atoms with Gasteiger partial charge in [0.25, 0.3) is 5.91 Å². The molecule has 2 aromatic carbocycles. The van der Waals surface area contributed by atoms with Crippen molar-refractivity contribution in [1.82, 2.24) is 0 Å². The topological polar surface area (TPSA) is 40.5 Å². The Bertz CT molecular complexity index is 848. The average Bonchev–Trinajstić information content (AvgIpc) is 2.77. The van der Waals surface area contributed by atoms with Crippen LogP contribution < -0.4 is 4.90 Å². The predicted molar refractivity (Wildman–Crippen MR) is 99.9 cm³/mol. The van der Waals surface area contributed by atoms with Crippen molar-refractivity contribution in [2.75, 3.05) is 4.90 Å². The van der Waals surface area contributed by atoms with Crippen molar-refractivity contribution in [1.29, 1.82) is 0 Å². The van der Waals surface area contributed by atoms with Crippen molar-refractivity contribution >= 4 is 57.6 Å². The monoisotopic (exact) mass is 361 g/mol. The van der Waals surface area contributed by atoms with Gasteiger partial charge in [0, 0.05) is 0 Å². The van der Waals surface area contributed by atoms with Crippen LogP contribution in [0.15, 0.2) is 47.4 Å². The van der Waals surface area contributed by atoms with Gasteiger partial charge in [0.2, 0.25) is 0 Å². The molecule has 1 amide bonds. The fourth-order valence-corrected chi connectivity index (χ4v) is 3.71. The summed E-state index contributed by atoms with van der Waals surface area (Å²) in [6.07, 6.45) is 1.72. The van der Waals surface area contributed by atoms with Crippen LogP contribution in [-0.2, 0) is 4.79 Å². The zero-order valence-electron chi connectivity index (χ0n) is 12.1. The lowest BCUT2D eigenvalue weighted by molar-refractivity contribution is -0.113. The molecule has 0 aliphatic carbocycles. The summed E-state index contributed by atoms with van der Waals surface area (Å²) in [5.41, 5.74) is 2.56. The number of carbonyl (C=O) groups excluding carboxylic acids is 1. The number of amides is 1. The Morgan fingerprint density at radius 3 is 2.74 bits per heavy atom. The van der Waals surface area contributed by atoms with Crippen molar-refractivity contribution < 1.29 is 9.90 Å². The van der Waals surface area contributed by atoms with Gasteiger partial charge >= 0.3 is 0 Å². The quantitative estimate of drug-likeness (QED) is 0.618. The molecule has 0 radical (unpaired) electrons. The Balaban J connectivity index is 1.94. The number of rotatable bonds is 2. The van der Waals surface area contributed by atoms with Gasteiger partial charge in [-0.05, 0) is 48.4 Å². The Kier molecular flexibility index (Phi) is 4.43. The maximum Gasteiger partial charge on any atom is 0.270 e. The maximum atomic E-state index is 12.7. The Morgan fingerprint density at radius 1 is 1.26 bits per heavy atom. The SMILES string of the molecule is Cc1cccc(N2C(=O)/C(=C/c3ccc(O)c(Cl)c3)SC2=S)c1. The molecule has 1 saturated heterocycles. The van der Waals surface area contributed by atoms with E-state index in [2.05, 4.69) is 0 Å². The first-order valence-corrected chi connectivity index (χ1v) is 8.39. The van der Waals surface area contributed by atoms with E-state index in [0.29, 0.717) is 9.23 Å². The van der Waals surface area contributed by atoms with Crippen LogP contribution in [0.5, 0.6) is 5.75 Å². The first kappa shape index (κ1) is 16.1. The highest BCUT2D eigenvalue weighted by Gasteiger charge is 2.33. The van der Waals surface area contributed by atoms with Gasteiger partial charge in [-0.15, -0.1) is 0 Å². The number of aromatic hydroxyl groups is 1. The molecule has 6 heteroatoms. The second-order valence-corrected chi connectivity index (χ2v) is 7.15. The van der Waals surface area contributed by atoms with Gasteiger partial charge in [-0.1, -0.05) is 53.8 Å². The van der Waals surface area contributed by atoms with E-state index in [4.69, 9.17) is 23.8 Å². The molecule has 1 N–H and O–H groups in total. The highest BCUT2D eigenvalue weighted by molar-refractivity contribution is 8.27. The second kappa shape index (κ2) is 6.35. The van der Waals surface area contributed by atoms with Crippen molar-refractivity contribution in [2.24, 2.45) is 0 Å². The largest absolute Gasteiger partial charge is 0.506 e. The summed E-state index contributed by atoms with van der Waals surface area (Å²) in [5.74, 6) is -0.147. The Morgan fingerprint density at radius 2 is 2.04 bits per heavy atom. The summed E-state index contributed by atoms with van der Waals surface area (Å²) >= 11 is 12.5. The molecular weight excluding hydrogens is 350 g/mol. The fraction of sp³-hybridized carbons (Fsp3) is 0.0588. The van der Waals surface area contributed by atoms with Gasteiger partial charge < -0.3 is 5.11 Å². The molecule has 0 saturated carbocycles. The van der Waals surface area contributed by atoms with Crippen LogP contribution in [0.3, 0.4) is 0 Å². The summed E-state index contributed by atoms with van der Waals surface area (Å²) in [6.45, 7) is 1.97. The van der Waals surface area contributed by atoms with E-state index in [1.807, 2.05) is 31.2 Å². The van der Waals surface area contributed by atoms with Gasteiger partial charge in [-0.25, -0.2) is 0 Å². The molecular formula is C17H12ClNO2S2. The molecule has 2 aromatic rings. The van der Waals surface area contributed by atoms with Crippen LogP contribution in [0.1, 0.15) is 11.1 Å². The third-order valence-corrected chi connectivity index (χ3v) is 4.93. The molecule has 1 fully saturated rings. The summed E-state index contributed by atoms with van der Waals surface area (Å²) in [7, 11) is 0. The van der Waals surface area contributed by atoms with Crippen LogP contribution in [0.2, 0.25) is 5.02 Å². The van der Waals surface area contributed by atoms with E-state index in [0.717, 1.165) is 16.8 Å². The maximum absolute atomic E-state index is 12.7. The zero-order chi connectivity index (χ0) is 16.6. The molecule has 0 bridgehead atoms. The van der Waals surface area contributed by atoms with Gasteiger partial charge in [0.1, 0.15) is 5.75 Å². The van der Waals surface area contributed by atoms with Crippen LogP contribution in [0.4, 0.5) is 5.69 Å². The number of carbonyl (C=O) groups is 1. The molecule has 1 aliphatic rings. The number of phenols is 1. The minimum Gasteiger partial charge on any atom is -0.506 e. The molecule has 1 aliphatic heterocycles. The lowest BCUT2D eigenvalue weighted by Crippen LogP contribution is -2.27. The highest BCUT2D eigenvalue weighted by Crippen LogP contribution is 2.36. The number of halogens is 1. The molecule has 0 aromatic heterocycles. The first-order valence-electron chi connectivity index (χ1n) is 6.79. The number of hydrogen-bond acceptors (Lipinski definition) is 4.